The van der Waals surface area contributed by atoms with E-state index in [9.17, 15) is 9.18 Å². The molecule has 1 N–H and O–H groups in total. The van der Waals surface area contributed by atoms with Crippen LogP contribution in [0.15, 0.2) is 24.3 Å². The van der Waals surface area contributed by atoms with Gasteiger partial charge in [-0.25, -0.2) is 4.39 Å². The van der Waals surface area contributed by atoms with Crippen molar-refractivity contribution >= 4 is 12.0 Å². The van der Waals surface area contributed by atoms with Crippen molar-refractivity contribution in [2.75, 3.05) is 6.54 Å². The number of nitriles is 1. The Morgan fingerprint density at radius 3 is 3.00 bits per heavy atom. The Balaban J connectivity index is 2.60. The van der Waals surface area contributed by atoms with E-state index >= 15 is 0 Å². The number of rotatable bonds is 4. The summed E-state index contributed by atoms with van der Waals surface area (Å²) in [4.78, 5) is 10.6. The number of hydrogen-bond donors (Lipinski definition) is 1. The van der Waals surface area contributed by atoms with Gasteiger partial charge in [-0.15, -0.1) is 0 Å². The van der Waals surface area contributed by atoms with Gasteiger partial charge in [0.1, 0.15) is 11.9 Å². The highest BCUT2D eigenvalue weighted by Crippen LogP contribution is 2.13. The summed E-state index contributed by atoms with van der Waals surface area (Å²) in [5, 5.41) is 11.3. The molecule has 1 aromatic rings. The number of nitrogens with zero attached hydrogens (tertiary/aromatic N) is 1. The van der Waals surface area contributed by atoms with Crippen LogP contribution in [0.4, 0.5) is 4.39 Å². The van der Waals surface area contributed by atoms with Gasteiger partial charge in [0.15, 0.2) is 0 Å². The highest BCUT2D eigenvalue weighted by molar-refractivity contribution is 5.72. The van der Waals surface area contributed by atoms with Crippen LogP contribution in [0.5, 0.6) is 0 Å². The third-order valence-corrected chi connectivity index (χ3v) is 2.13. The third kappa shape index (κ3) is 4.07. The molecule has 0 saturated heterocycles. The minimum atomic E-state index is -0.509. The van der Waals surface area contributed by atoms with Crippen molar-refractivity contribution in [3.8, 4) is 6.07 Å². The van der Waals surface area contributed by atoms with Gasteiger partial charge >= 0.3 is 0 Å². The fourth-order valence-corrected chi connectivity index (χ4v) is 1.31. The smallest absolute Gasteiger partial charge is 0.216 e. The van der Waals surface area contributed by atoms with Crippen LogP contribution in [0.2, 0.25) is 0 Å². The summed E-state index contributed by atoms with van der Waals surface area (Å²) in [5.41, 5.74) is 0.417. The first-order valence-corrected chi connectivity index (χ1v) is 5.24. The fraction of sp³-hybridized carbons (Fsp3) is 0.231. The lowest BCUT2D eigenvalue weighted by atomic mass is 10.1. The lowest BCUT2D eigenvalue weighted by Gasteiger charge is -1.99. The Labute approximate surface area is 99.6 Å². The van der Waals surface area contributed by atoms with E-state index in [2.05, 4.69) is 5.32 Å². The molecule has 0 aliphatic carbocycles. The van der Waals surface area contributed by atoms with Crippen molar-refractivity contribution in [3.05, 3.63) is 41.2 Å². The van der Waals surface area contributed by atoms with Crippen LogP contribution < -0.4 is 5.32 Å². The SMILES string of the molecule is CC(=O)NCCC=Cc1cccc(C#N)c1F. The van der Waals surface area contributed by atoms with E-state index < -0.39 is 5.82 Å². The highest BCUT2D eigenvalue weighted by atomic mass is 19.1. The minimum Gasteiger partial charge on any atom is -0.356 e. The van der Waals surface area contributed by atoms with Crippen molar-refractivity contribution in [1.82, 2.24) is 5.32 Å². The Kier molecular flexibility index (Phi) is 4.89. The molecule has 0 atom stereocenters. The van der Waals surface area contributed by atoms with Gasteiger partial charge in [-0.1, -0.05) is 24.3 Å². The van der Waals surface area contributed by atoms with E-state index in [4.69, 9.17) is 5.26 Å². The maximum Gasteiger partial charge on any atom is 0.216 e. The molecular formula is C13H13FN2O. The topological polar surface area (TPSA) is 52.9 Å². The van der Waals surface area contributed by atoms with Gasteiger partial charge < -0.3 is 5.32 Å². The Morgan fingerprint density at radius 2 is 2.35 bits per heavy atom. The summed E-state index contributed by atoms with van der Waals surface area (Å²) in [6.07, 6.45) is 3.99. The average Bonchev–Trinajstić information content (AvgIpc) is 2.30. The van der Waals surface area contributed by atoms with E-state index in [1.54, 1.807) is 30.4 Å². The van der Waals surface area contributed by atoms with Crippen LogP contribution in [0, 0.1) is 17.1 Å². The highest BCUT2D eigenvalue weighted by Gasteiger charge is 2.03. The van der Waals surface area contributed by atoms with Crippen molar-refractivity contribution in [1.29, 1.82) is 5.26 Å². The lowest BCUT2D eigenvalue weighted by molar-refractivity contribution is -0.118. The fourth-order valence-electron chi connectivity index (χ4n) is 1.31. The van der Waals surface area contributed by atoms with Crippen LogP contribution in [-0.4, -0.2) is 12.5 Å². The largest absolute Gasteiger partial charge is 0.356 e. The van der Waals surface area contributed by atoms with Crippen LogP contribution >= 0.6 is 0 Å². The summed E-state index contributed by atoms with van der Waals surface area (Å²) in [7, 11) is 0. The number of carbonyl (C=O) groups is 1. The van der Waals surface area contributed by atoms with Crippen LogP contribution in [0.3, 0.4) is 0 Å². The van der Waals surface area contributed by atoms with E-state index in [-0.39, 0.29) is 11.5 Å². The van der Waals surface area contributed by atoms with Gasteiger partial charge in [-0.05, 0) is 12.5 Å². The molecular weight excluding hydrogens is 219 g/mol. The first-order valence-electron chi connectivity index (χ1n) is 5.24. The quantitative estimate of drug-likeness (QED) is 0.809. The molecule has 0 radical (unpaired) electrons. The third-order valence-electron chi connectivity index (χ3n) is 2.13. The summed E-state index contributed by atoms with van der Waals surface area (Å²) < 4.78 is 13.6. The molecule has 0 aromatic heterocycles. The summed E-state index contributed by atoms with van der Waals surface area (Å²) in [6.45, 7) is 1.96. The van der Waals surface area contributed by atoms with E-state index in [0.29, 0.717) is 18.5 Å². The van der Waals surface area contributed by atoms with Gasteiger partial charge in [-0.3, -0.25) is 4.79 Å². The molecule has 3 nitrogen and oxygen atoms in total. The van der Waals surface area contributed by atoms with E-state index in [1.165, 1.54) is 13.0 Å². The van der Waals surface area contributed by atoms with Gasteiger partial charge in [-0.2, -0.15) is 5.26 Å². The standard InChI is InChI=1S/C13H13FN2O/c1-10(17)16-8-3-2-5-11-6-4-7-12(9-15)13(11)14/h2,4-7H,3,8H2,1H3,(H,16,17). The van der Waals surface area contributed by atoms with Crippen molar-refractivity contribution in [2.24, 2.45) is 0 Å². The Hall–Kier alpha value is -2.15. The second kappa shape index (κ2) is 6.44. The molecule has 0 fully saturated rings. The van der Waals surface area contributed by atoms with Crippen molar-refractivity contribution in [3.63, 3.8) is 0 Å². The molecule has 88 valence electrons. The van der Waals surface area contributed by atoms with Gasteiger partial charge in [0.2, 0.25) is 5.91 Å². The number of hydrogen-bond acceptors (Lipinski definition) is 2. The number of carbonyl (C=O) groups excluding carboxylic acids is 1. The maximum absolute atomic E-state index is 13.6. The molecule has 17 heavy (non-hydrogen) atoms. The van der Waals surface area contributed by atoms with E-state index in [1.807, 2.05) is 0 Å². The van der Waals surface area contributed by atoms with Gasteiger partial charge in [0.25, 0.3) is 0 Å². The molecule has 0 bridgehead atoms. The maximum atomic E-state index is 13.6. The zero-order valence-corrected chi connectivity index (χ0v) is 9.53. The normalized spacial score (nSPS) is 10.2. The molecule has 0 heterocycles. The molecule has 1 aromatic carbocycles. The monoisotopic (exact) mass is 232 g/mol. The molecule has 1 amide bonds. The zero-order chi connectivity index (χ0) is 12.7. The number of benzene rings is 1. The first-order chi connectivity index (χ1) is 8.15. The number of halogens is 1. The lowest BCUT2D eigenvalue weighted by Crippen LogP contribution is -2.20. The van der Waals surface area contributed by atoms with Crippen molar-refractivity contribution < 1.29 is 9.18 Å². The molecule has 0 aliphatic rings. The second-order valence-electron chi connectivity index (χ2n) is 3.49. The average molecular weight is 232 g/mol. The molecule has 0 aliphatic heterocycles. The minimum absolute atomic E-state index is 0.0361. The number of amides is 1. The molecule has 4 heteroatoms. The van der Waals surface area contributed by atoms with Crippen LogP contribution in [-0.2, 0) is 4.79 Å². The second-order valence-corrected chi connectivity index (χ2v) is 3.49. The van der Waals surface area contributed by atoms with Crippen LogP contribution in [0.1, 0.15) is 24.5 Å². The van der Waals surface area contributed by atoms with Gasteiger partial charge in [0.05, 0.1) is 5.56 Å². The van der Waals surface area contributed by atoms with Gasteiger partial charge in [0, 0.05) is 19.0 Å². The predicted octanol–water partition coefficient (Wildman–Crippen LogP) is 2.24. The molecule has 1 rings (SSSR count). The van der Waals surface area contributed by atoms with E-state index in [0.717, 1.165) is 0 Å². The van der Waals surface area contributed by atoms with Crippen molar-refractivity contribution in [2.45, 2.75) is 13.3 Å². The van der Waals surface area contributed by atoms with Crippen LogP contribution in [0.25, 0.3) is 6.08 Å². The molecule has 0 unspecified atom stereocenters. The first kappa shape index (κ1) is 12.9. The summed E-state index contributed by atoms with van der Waals surface area (Å²) >= 11 is 0. The summed E-state index contributed by atoms with van der Waals surface area (Å²) in [5.74, 6) is -0.596. The molecule has 0 saturated carbocycles. The zero-order valence-electron chi connectivity index (χ0n) is 9.53. The predicted molar refractivity (Wildman–Crippen MR) is 63.4 cm³/mol. The number of nitrogens with one attached hydrogen (secondary N) is 1. The molecule has 0 spiro atoms. The Morgan fingerprint density at radius 1 is 1.59 bits per heavy atom. The Bertz CT molecular complexity index is 475. The summed E-state index contributed by atoms with van der Waals surface area (Å²) in [6, 6.07) is 6.46.